The highest BCUT2D eigenvalue weighted by Gasteiger charge is 2.08. The molecule has 0 saturated heterocycles. The number of carbonyl (C=O) groups is 1. The van der Waals surface area contributed by atoms with Crippen molar-refractivity contribution < 1.29 is 4.79 Å². The third kappa shape index (κ3) is 1.96. The summed E-state index contributed by atoms with van der Waals surface area (Å²) in [6, 6.07) is 9.12. The maximum atomic E-state index is 11.6. The first-order valence-corrected chi connectivity index (χ1v) is 5.57. The van der Waals surface area contributed by atoms with Crippen molar-refractivity contribution in [1.82, 2.24) is 0 Å². The summed E-state index contributed by atoms with van der Waals surface area (Å²) in [4.78, 5) is 22.4. The Hall–Kier alpha value is -2.03. The topological polar surface area (TPSA) is 46.5 Å². The Kier molecular flexibility index (Phi) is 3.00. The molecule has 2 aromatic carbocycles. The van der Waals surface area contributed by atoms with Crippen LogP contribution in [-0.2, 0) is 0 Å². The minimum atomic E-state index is 0.105. The highest BCUT2D eigenvalue weighted by atomic mass is 16.3. The van der Waals surface area contributed by atoms with E-state index in [0.29, 0.717) is 17.7 Å². The minimum absolute atomic E-state index is 0.105. The summed E-state index contributed by atoms with van der Waals surface area (Å²) in [5, 5.41) is 4.74. The number of fused-ring (bicyclic) bond motifs is 1. The number of aryl methyl sites for hydroxylation is 1. The van der Waals surface area contributed by atoms with Crippen molar-refractivity contribution in [3.63, 3.8) is 0 Å². The molecule has 0 N–H and O–H groups in total. The molecule has 86 valence electrons. The molecule has 0 spiro atoms. The Bertz CT molecular complexity index is 602. The van der Waals surface area contributed by atoms with Crippen LogP contribution < -0.4 is 0 Å². The largest absolute Gasteiger partial charge is 0.294 e. The summed E-state index contributed by atoms with van der Waals surface area (Å²) in [6.07, 6.45) is 0.482. The van der Waals surface area contributed by atoms with Gasteiger partial charge in [-0.1, -0.05) is 31.2 Å². The van der Waals surface area contributed by atoms with Gasteiger partial charge in [0, 0.05) is 17.4 Å². The van der Waals surface area contributed by atoms with E-state index in [4.69, 9.17) is 0 Å². The average Bonchev–Trinajstić information content (AvgIpc) is 2.37. The van der Waals surface area contributed by atoms with Gasteiger partial charge in [0.25, 0.3) is 0 Å². The lowest BCUT2D eigenvalue weighted by Gasteiger charge is -2.05. The highest BCUT2D eigenvalue weighted by Crippen LogP contribution is 2.30. The van der Waals surface area contributed by atoms with Gasteiger partial charge in [0.2, 0.25) is 0 Å². The van der Waals surface area contributed by atoms with Gasteiger partial charge in [-0.05, 0) is 29.1 Å². The van der Waals surface area contributed by atoms with Crippen LogP contribution in [0.3, 0.4) is 0 Å². The van der Waals surface area contributed by atoms with Crippen molar-refractivity contribution in [3.8, 4) is 0 Å². The molecule has 3 nitrogen and oxygen atoms in total. The van der Waals surface area contributed by atoms with Crippen molar-refractivity contribution in [2.75, 3.05) is 0 Å². The lowest BCUT2D eigenvalue weighted by molar-refractivity contribution is 0.0988. The van der Waals surface area contributed by atoms with Gasteiger partial charge < -0.3 is 0 Å². The van der Waals surface area contributed by atoms with Crippen LogP contribution >= 0.6 is 0 Å². The molecule has 0 amide bonds. The molecular weight excluding hydrogens is 214 g/mol. The van der Waals surface area contributed by atoms with Crippen LogP contribution in [0.15, 0.2) is 35.5 Å². The Labute approximate surface area is 99.4 Å². The van der Waals surface area contributed by atoms with Crippen molar-refractivity contribution in [1.29, 1.82) is 0 Å². The SMILES string of the molecule is CCC(=O)c1ccc2c(N=O)c(C)ccc2c1. The summed E-state index contributed by atoms with van der Waals surface area (Å²) >= 11 is 0. The van der Waals surface area contributed by atoms with Gasteiger partial charge in [-0.15, -0.1) is 4.91 Å². The predicted molar refractivity (Wildman–Crippen MR) is 68.8 cm³/mol. The highest BCUT2D eigenvalue weighted by molar-refractivity contribution is 6.02. The van der Waals surface area contributed by atoms with E-state index in [2.05, 4.69) is 5.18 Å². The monoisotopic (exact) mass is 227 g/mol. The zero-order valence-corrected chi connectivity index (χ0v) is 9.86. The first-order chi connectivity index (χ1) is 8.17. The number of carbonyl (C=O) groups excluding carboxylic acids is 1. The number of rotatable bonds is 3. The van der Waals surface area contributed by atoms with E-state index in [1.807, 2.05) is 32.0 Å². The molecule has 0 unspecified atom stereocenters. The standard InChI is InChI=1S/C14H13NO2/c1-3-13(16)11-6-7-12-10(8-11)5-4-9(2)14(12)15-17/h4-8H,3H2,1-2H3. The fourth-order valence-electron chi connectivity index (χ4n) is 1.92. The van der Waals surface area contributed by atoms with Crippen LogP contribution in [0.1, 0.15) is 29.3 Å². The number of hydrogen-bond acceptors (Lipinski definition) is 3. The fraction of sp³-hybridized carbons (Fsp3) is 0.214. The van der Waals surface area contributed by atoms with Gasteiger partial charge in [-0.3, -0.25) is 4.79 Å². The maximum Gasteiger partial charge on any atom is 0.162 e. The molecule has 17 heavy (non-hydrogen) atoms. The lowest BCUT2D eigenvalue weighted by atomic mass is 10.0. The maximum absolute atomic E-state index is 11.6. The van der Waals surface area contributed by atoms with E-state index in [1.54, 1.807) is 12.1 Å². The second-order valence-corrected chi connectivity index (χ2v) is 4.03. The molecular formula is C14H13NO2. The Morgan fingerprint density at radius 1 is 1.24 bits per heavy atom. The van der Waals surface area contributed by atoms with Gasteiger partial charge in [0.1, 0.15) is 5.69 Å². The van der Waals surface area contributed by atoms with Crippen molar-refractivity contribution >= 4 is 22.2 Å². The molecule has 0 radical (unpaired) electrons. The second-order valence-electron chi connectivity index (χ2n) is 4.03. The quantitative estimate of drug-likeness (QED) is 0.584. The van der Waals surface area contributed by atoms with Gasteiger partial charge in [-0.25, -0.2) is 0 Å². The lowest BCUT2D eigenvalue weighted by Crippen LogP contribution is -1.95. The Morgan fingerprint density at radius 3 is 2.65 bits per heavy atom. The van der Waals surface area contributed by atoms with E-state index >= 15 is 0 Å². The first kappa shape index (κ1) is 11.5. The zero-order chi connectivity index (χ0) is 12.4. The van der Waals surface area contributed by atoms with E-state index in [0.717, 1.165) is 16.3 Å². The van der Waals surface area contributed by atoms with Crippen LogP contribution in [0.5, 0.6) is 0 Å². The summed E-state index contributed by atoms with van der Waals surface area (Å²) in [6.45, 7) is 3.68. The van der Waals surface area contributed by atoms with Crippen LogP contribution in [0.25, 0.3) is 10.8 Å². The molecule has 0 saturated carbocycles. The molecule has 0 heterocycles. The molecule has 0 atom stereocenters. The first-order valence-electron chi connectivity index (χ1n) is 5.57. The number of Topliss-reactive ketones (excluding diaryl/α,β-unsaturated/α-hetero) is 1. The van der Waals surface area contributed by atoms with E-state index in [1.165, 1.54) is 0 Å². The van der Waals surface area contributed by atoms with Crippen LogP contribution in [0.2, 0.25) is 0 Å². The number of nitrogens with zero attached hydrogens (tertiary/aromatic N) is 1. The molecule has 0 aliphatic carbocycles. The molecule has 2 aromatic rings. The third-order valence-electron chi connectivity index (χ3n) is 2.93. The van der Waals surface area contributed by atoms with Gasteiger partial charge in [0.15, 0.2) is 5.78 Å². The summed E-state index contributed by atoms with van der Waals surface area (Å²) in [7, 11) is 0. The van der Waals surface area contributed by atoms with Gasteiger partial charge >= 0.3 is 0 Å². The van der Waals surface area contributed by atoms with Gasteiger partial charge in [0.05, 0.1) is 0 Å². The van der Waals surface area contributed by atoms with Crippen LogP contribution in [0.4, 0.5) is 5.69 Å². The van der Waals surface area contributed by atoms with E-state index in [-0.39, 0.29) is 5.78 Å². The molecule has 3 heteroatoms. The number of hydrogen-bond donors (Lipinski definition) is 0. The number of ketones is 1. The fourth-order valence-corrected chi connectivity index (χ4v) is 1.92. The average molecular weight is 227 g/mol. The van der Waals surface area contributed by atoms with Crippen molar-refractivity contribution in [2.45, 2.75) is 20.3 Å². The molecule has 2 rings (SSSR count). The zero-order valence-electron chi connectivity index (χ0n) is 9.86. The van der Waals surface area contributed by atoms with Crippen LogP contribution in [0, 0.1) is 11.8 Å². The van der Waals surface area contributed by atoms with Crippen LogP contribution in [-0.4, -0.2) is 5.78 Å². The summed E-state index contributed by atoms with van der Waals surface area (Å²) < 4.78 is 0. The van der Waals surface area contributed by atoms with Crippen molar-refractivity contribution in [3.05, 3.63) is 46.4 Å². The molecule has 0 aliphatic heterocycles. The smallest absolute Gasteiger partial charge is 0.162 e. The number of nitroso groups, excluding NO2 is 1. The van der Waals surface area contributed by atoms with E-state index < -0.39 is 0 Å². The normalized spacial score (nSPS) is 10.5. The predicted octanol–water partition coefficient (Wildman–Crippen LogP) is 4.14. The van der Waals surface area contributed by atoms with E-state index in [9.17, 15) is 9.70 Å². The van der Waals surface area contributed by atoms with Crippen molar-refractivity contribution in [2.24, 2.45) is 5.18 Å². The molecule has 0 aliphatic rings. The molecule has 0 bridgehead atoms. The van der Waals surface area contributed by atoms with Gasteiger partial charge in [-0.2, -0.15) is 0 Å². The second kappa shape index (κ2) is 4.45. The number of benzene rings is 2. The molecule has 0 aromatic heterocycles. The Balaban J connectivity index is 2.69. The third-order valence-corrected chi connectivity index (χ3v) is 2.93. The minimum Gasteiger partial charge on any atom is -0.294 e. The Morgan fingerprint density at radius 2 is 2.00 bits per heavy atom. The summed E-state index contributed by atoms with van der Waals surface area (Å²) in [5.74, 6) is 0.105. The summed E-state index contributed by atoms with van der Waals surface area (Å²) in [5.41, 5.74) is 1.99. The molecule has 0 fully saturated rings.